The number of carbonyl (C=O) groups is 3. The molecule has 0 aliphatic carbocycles. The number of hydrogen-bond donors (Lipinski definition) is 8. The first-order chi connectivity index (χ1) is 17.7. The maximum absolute atomic E-state index is 13.3. The minimum absolute atomic E-state index is 0.0671. The molecule has 192 valence electrons. The van der Waals surface area contributed by atoms with Gasteiger partial charge in [-0.2, -0.15) is 0 Å². The van der Waals surface area contributed by atoms with Crippen LogP contribution in [0.4, 0.5) is 5.69 Å². The Morgan fingerprint density at radius 2 is 1.44 bits per heavy atom. The molecule has 12 nitrogen and oxygen atoms in total. The van der Waals surface area contributed by atoms with Crippen LogP contribution in [-0.2, 0) is 4.79 Å². The lowest BCUT2D eigenvalue weighted by Crippen LogP contribution is -2.41. The van der Waals surface area contributed by atoms with E-state index in [1.54, 1.807) is 73.1 Å². The largest absolute Gasteiger partial charge is 0.394 e. The molecular formula is C19H26I3N3O9. The van der Waals surface area contributed by atoms with Gasteiger partial charge >= 0.3 is 0 Å². The highest BCUT2D eigenvalue weighted by atomic mass is 127. The second-order valence-corrected chi connectivity index (χ2v) is 9.83. The van der Waals surface area contributed by atoms with Crippen molar-refractivity contribution in [3.05, 3.63) is 21.8 Å². The summed E-state index contributed by atoms with van der Waals surface area (Å²) in [5, 5.41) is 61.4. The molecule has 0 radical (unpaired) electrons. The van der Waals surface area contributed by atoms with Crippen LogP contribution in [0.25, 0.3) is 0 Å². The van der Waals surface area contributed by atoms with Crippen molar-refractivity contribution >= 4 is 91.2 Å². The van der Waals surface area contributed by atoms with Crippen molar-refractivity contribution in [1.82, 2.24) is 10.6 Å². The van der Waals surface area contributed by atoms with Gasteiger partial charge in [0.05, 0.1) is 75.4 Å². The minimum Gasteiger partial charge on any atom is -0.394 e. The summed E-state index contributed by atoms with van der Waals surface area (Å²) in [6, 6.07) is 0. The van der Waals surface area contributed by atoms with Gasteiger partial charge in [-0.15, -0.1) is 0 Å². The Labute approximate surface area is 243 Å². The monoisotopic (exact) mass is 826 g/mol. The zero-order valence-electron chi connectivity index (χ0n) is 22.5. The third-order valence-electron chi connectivity index (χ3n) is 4.11. The molecule has 8 N–H and O–H groups in total. The number of halogens is 3. The summed E-state index contributed by atoms with van der Waals surface area (Å²) in [6.45, 7) is -8.64. The van der Waals surface area contributed by atoms with Gasteiger partial charge in [0.15, 0.2) is 0 Å². The molecule has 0 saturated carbocycles. The topological polar surface area (TPSA) is 200 Å². The molecule has 3 atom stereocenters. The molecule has 1 rings (SSSR count). The molecule has 3 amide bonds. The molecule has 0 heterocycles. The van der Waals surface area contributed by atoms with Crippen molar-refractivity contribution in [3.8, 4) is 0 Å². The van der Waals surface area contributed by atoms with Gasteiger partial charge in [-0.1, -0.05) is 0 Å². The number of nitrogens with zero attached hydrogens (tertiary/aromatic N) is 1. The number of benzene rings is 1. The number of amides is 3. The van der Waals surface area contributed by atoms with Gasteiger partial charge in [0, 0.05) is 23.5 Å². The highest BCUT2D eigenvalue weighted by Gasteiger charge is 2.32. The number of anilines is 1. The molecule has 0 bridgehead atoms. The smallest absolute Gasteiger partial charge is 0.253 e. The lowest BCUT2D eigenvalue weighted by Gasteiger charge is -2.28. The van der Waals surface area contributed by atoms with Crippen LogP contribution in [0.3, 0.4) is 0 Å². The van der Waals surface area contributed by atoms with Crippen LogP contribution < -0.4 is 15.5 Å². The molecule has 0 saturated heterocycles. The first kappa shape index (κ1) is 23.9. The summed E-state index contributed by atoms with van der Waals surface area (Å²) < 4.78 is 37.6. The Morgan fingerprint density at radius 1 is 0.941 bits per heavy atom. The van der Waals surface area contributed by atoms with Gasteiger partial charge in [0.25, 0.3) is 11.8 Å². The fraction of sp³-hybridized carbons (Fsp3) is 0.526. The lowest BCUT2D eigenvalue weighted by atomic mass is 10.1. The molecule has 1 aromatic rings. The zero-order chi connectivity index (χ0) is 30.7. The van der Waals surface area contributed by atoms with Crippen molar-refractivity contribution in [2.24, 2.45) is 0 Å². The molecule has 0 aliphatic heterocycles. The maximum atomic E-state index is 13.3. The number of rotatable bonds is 12. The predicted octanol–water partition coefficient (Wildman–Crippen LogP) is -1.63. The Morgan fingerprint density at radius 3 is 1.88 bits per heavy atom. The molecule has 0 aromatic heterocycles. The number of aliphatic hydroxyl groups is 6. The van der Waals surface area contributed by atoms with Gasteiger partial charge in [-0.25, -0.2) is 0 Å². The van der Waals surface area contributed by atoms with Crippen LogP contribution in [0.2, 0.25) is 0 Å². The minimum atomic E-state index is -3.89. The number of hydrogen-bond acceptors (Lipinski definition) is 9. The van der Waals surface area contributed by atoms with Crippen LogP contribution in [0.1, 0.15) is 34.5 Å². The normalized spacial score (nSPS) is 17.6. The summed E-state index contributed by atoms with van der Waals surface area (Å²) in [6.07, 6.45) is -6.66. The molecule has 0 aliphatic rings. The van der Waals surface area contributed by atoms with E-state index in [9.17, 15) is 39.9 Å². The third kappa shape index (κ3) is 8.32. The van der Waals surface area contributed by atoms with E-state index in [0.29, 0.717) is 0 Å². The van der Waals surface area contributed by atoms with Crippen LogP contribution in [0, 0.1) is 10.7 Å². The van der Waals surface area contributed by atoms with Crippen LogP contribution in [-0.4, -0.2) is 106 Å². The van der Waals surface area contributed by atoms with E-state index in [0.717, 1.165) is 11.8 Å². The summed E-state index contributed by atoms with van der Waals surface area (Å²) in [5.74, 6) is -2.95. The van der Waals surface area contributed by atoms with Gasteiger partial charge in [-0.3, -0.25) is 14.4 Å². The Balaban J connectivity index is 3.92. The summed E-state index contributed by atoms with van der Waals surface area (Å²) >= 11 is 4.88. The standard InChI is InChI=1S/C19H26I3N3O9/c1-8(29)25(4-11(32)7-28)17-15(21)12(18(33)23-2-9(30)5-26)14(20)13(16(17)22)19(34)24-3-10(31)6-27/h9-11,26-28,30-32H,2-7H2,1H3,(H,23,33)(H,24,34)/i2D2,5D2,9D. The first-order valence-corrected chi connectivity index (χ1v) is 12.5. The van der Waals surface area contributed by atoms with E-state index in [4.69, 9.17) is 12.0 Å². The van der Waals surface area contributed by atoms with E-state index >= 15 is 0 Å². The maximum Gasteiger partial charge on any atom is 0.253 e. The molecule has 15 heteroatoms. The summed E-state index contributed by atoms with van der Waals surface area (Å²) in [7, 11) is 0. The Hall–Kier alpha value is -0.420. The Kier molecular flexibility index (Phi) is 10.5. The molecule has 0 fully saturated rings. The quantitative estimate of drug-likeness (QED) is 0.114. The molecule has 0 spiro atoms. The van der Waals surface area contributed by atoms with Gasteiger partial charge in [-0.05, 0) is 67.8 Å². The van der Waals surface area contributed by atoms with Crippen molar-refractivity contribution < 1.29 is 51.9 Å². The van der Waals surface area contributed by atoms with E-state index in [1.165, 1.54) is 0 Å². The van der Waals surface area contributed by atoms with Gasteiger partial charge < -0.3 is 46.2 Å². The van der Waals surface area contributed by atoms with E-state index in [-0.39, 0.29) is 22.0 Å². The van der Waals surface area contributed by atoms with Gasteiger partial charge in [0.2, 0.25) is 5.91 Å². The van der Waals surface area contributed by atoms with Crippen molar-refractivity contribution in [2.75, 3.05) is 44.3 Å². The highest BCUT2D eigenvalue weighted by molar-refractivity contribution is 14.1. The van der Waals surface area contributed by atoms with Crippen LogP contribution in [0.15, 0.2) is 0 Å². The Bertz CT molecular complexity index is 1110. The zero-order valence-corrected chi connectivity index (χ0v) is 23.9. The van der Waals surface area contributed by atoms with Crippen LogP contribution >= 0.6 is 67.8 Å². The lowest BCUT2D eigenvalue weighted by molar-refractivity contribution is -0.117. The molecule has 1 aromatic carbocycles. The number of aliphatic hydroxyl groups excluding tert-OH is 4. The summed E-state index contributed by atoms with van der Waals surface area (Å²) in [5.41, 5.74) is -0.804. The van der Waals surface area contributed by atoms with Gasteiger partial charge in [0.1, 0.15) is 0 Å². The van der Waals surface area contributed by atoms with E-state index in [2.05, 4.69) is 5.32 Å². The third-order valence-corrected chi connectivity index (χ3v) is 7.29. The number of nitrogens with one attached hydrogen (secondary N) is 2. The predicted molar refractivity (Wildman–Crippen MR) is 147 cm³/mol. The number of carbonyl (C=O) groups excluding carboxylic acids is 3. The molecule has 3 unspecified atom stereocenters. The van der Waals surface area contributed by atoms with Crippen molar-refractivity contribution in [3.63, 3.8) is 0 Å². The second-order valence-electron chi connectivity index (χ2n) is 6.59. The van der Waals surface area contributed by atoms with E-state index < -0.39 is 80.9 Å². The second kappa shape index (κ2) is 15.0. The molecule has 34 heavy (non-hydrogen) atoms. The fourth-order valence-corrected chi connectivity index (χ4v) is 7.23. The van der Waals surface area contributed by atoms with Crippen LogP contribution in [0.5, 0.6) is 0 Å². The van der Waals surface area contributed by atoms with Crippen molar-refractivity contribution in [2.45, 2.75) is 25.2 Å². The van der Waals surface area contributed by atoms with Crippen molar-refractivity contribution in [1.29, 1.82) is 0 Å². The molecular weight excluding hydrogens is 795 g/mol. The SMILES string of the molecule is [2H]C([2H])(O)C([2H])(O)C([2H])([2H])NC(=O)c1c(I)c(C(=O)NCC(O)CO)c(I)c(N(CC(O)CO)C(C)=O)c1I. The first-order valence-electron chi connectivity index (χ1n) is 11.8. The summed E-state index contributed by atoms with van der Waals surface area (Å²) in [4.78, 5) is 40.0. The highest BCUT2D eigenvalue weighted by Crippen LogP contribution is 2.38. The fourth-order valence-electron chi connectivity index (χ4n) is 2.50. The van der Waals surface area contributed by atoms with E-state index in [1.807, 2.05) is 0 Å². The average Bonchev–Trinajstić information content (AvgIpc) is 2.80. The average molecular weight is 826 g/mol.